The molecule has 0 radical (unpaired) electrons. The molecule has 0 atom stereocenters. The Morgan fingerprint density at radius 3 is 2.65 bits per heavy atom. The lowest BCUT2D eigenvalue weighted by atomic mass is 10.1. The molecule has 0 saturated heterocycles. The topological polar surface area (TPSA) is 111 Å². The van der Waals surface area contributed by atoms with Gasteiger partial charge < -0.3 is 11.5 Å². The SMILES string of the molecule is CC(=O)N(c1ccc(C)c(C)c1)c1[nH+]c(/C=N/N=C(N)N)cs1. The minimum Gasteiger partial charge on any atom is -0.369 e. The van der Waals surface area contributed by atoms with Crippen molar-refractivity contribution < 1.29 is 9.78 Å². The van der Waals surface area contributed by atoms with E-state index in [2.05, 4.69) is 15.2 Å². The highest BCUT2D eigenvalue weighted by atomic mass is 32.1. The minimum absolute atomic E-state index is 0.0842. The molecule has 0 aliphatic rings. The third-order valence-electron chi connectivity index (χ3n) is 3.19. The highest BCUT2D eigenvalue weighted by molar-refractivity contribution is 7.13. The van der Waals surface area contributed by atoms with Crippen LogP contribution in [0.15, 0.2) is 33.8 Å². The molecule has 120 valence electrons. The van der Waals surface area contributed by atoms with Gasteiger partial charge >= 0.3 is 11.0 Å². The first-order chi connectivity index (χ1) is 10.9. The normalized spacial score (nSPS) is 10.7. The number of carbonyl (C=O) groups excluding carboxylic acids is 1. The van der Waals surface area contributed by atoms with Crippen LogP contribution in [0.4, 0.5) is 10.8 Å². The number of aryl methyl sites for hydroxylation is 2. The molecule has 0 aliphatic carbocycles. The molecule has 0 spiro atoms. The number of anilines is 2. The van der Waals surface area contributed by atoms with Gasteiger partial charge in [-0.3, -0.25) is 0 Å². The fraction of sp³-hybridized carbons (Fsp3) is 0.200. The molecule has 2 aromatic rings. The molecule has 0 saturated carbocycles. The minimum atomic E-state index is -0.114. The van der Waals surface area contributed by atoms with Gasteiger partial charge in [0, 0.05) is 12.3 Å². The van der Waals surface area contributed by atoms with Gasteiger partial charge in [0.25, 0.3) is 0 Å². The zero-order chi connectivity index (χ0) is 17.0. The number of aromatic amines is 1. The highest BCUT2D eigenvalue weighted by Crippen LogP contribution is 2.27. The van der Waals surface area contributed by atoms with Crippen LogP contribution in [0.3, 0.4) is 0 Å². The van der Waals surface area contributed by atoms with E-state index >= 15 is 0 Å². The summed E-state index contributed by atoms with van der Waals surface area (Å²) in [5.41, 5.74) is 14.2. The van der Waals surface area contributed by atoms with Gasteiger partial charge in [0.1, 0.15) is 5.69 Å². The number of thiazole rings is 1. The molecule has 0 aliphatic heterocycles. The highest BCUT2D eigenvalue weighted by Gasteiger charge is 2.26. The predicted octanol–water partition coefficient (Wildman–Crippen LogP) is 1.47. The van der Waals surface area contributed by atoms with Gasteiger partial charge in [-0.05, 0) is 37.1 Å². The molecule has 0 fully saturated rings. The van der Waals surface area contributed by atoms with Crippen LogP contribution in [-0.4, -0.2) is 18.1 Å². The van der Waals surface area contributed by atoms with Gasteiger partial charge in [0.05, 0.1) is 6.21 Å². The van der Waals surface area contributed by atoms with Gasteiger partial charge in [0.15, 0.2) is 5.69 Å². The lowest BCUT2D eigenvalue weighted by Crippen LogP contribution is -2.27. The van der Waals surface area contributed by atoms with E-state index in [4.69, 9.17) is 11.5 Å². The van der Waals surface area contributed by atoms with Crippen molar-refractivity contribution in [1.29, 1.82) is 0 Å². The van der Waals surface area contributed by atoms with Gasteiger partial charge in [-0.2, -0.15) is 10.0 Å². The van der Waals surface area contributed by atoms with Crippen LogP contribution < -0.4 is 21.4 Å². The second-order valence-electron chi connectivity index (χ2n) is 5.01. The molecule has 7 nitrogen and oxygen atoms in total. The zero-order valence-electron chi connectivity index (χ0n) is 13.2. The van der Waals surface area contributed by atoms with Crippen LogP contribution >= 0.6 is 11.3 Å². The first-order valence-electron chi connectivity index (χ1n) is 6.89. The van der Waals surface area contributed by atoms with E-state index in [0.717, 1.165) is 11.3 Å². The van der Waals surface area contributed by atoms with Crippen LogP contribution in [0.5, 0.6) is 0 Å². The molecule has 1 aromatic heterocycles. The average molecular weight is 331 g/mol. The third kappa shape index (κ3) is 4.13. The Morgan fingerprint density at radius 2 is 2.04 bits per heavy atom. The van der Waals surface area contributed by atoms with Crippen molar-refractivity contribution in [2.75, 3.05) is 4.90 Å². The van der Waals surface area contributed by atoms with Crippen molar-refractivity contribution in [2.45, 2.75) is 20.8 Å². The summed E-state index contributed by atoms with van der Waals surface area (Å²) < 4.78 is 0. The number of benzene rings is 1. The van der Waals surface area contributed by atoms with Crippen molar-refractivity contribution in [3.8, 4) is 0 Å². The number of nitrogens with one attached hydrogen (secondary N) is 1. The molecule has 0 unspecified atom stereocenters. The molecule has 23 heavy (non-hydrogen) atoms. The zero-order valence-corrected chi connectivity index (χ0v) is 14.0. The van der Waals surface area contributed by atoms with Crippen molar-refractivity contribution in [3.05, 3.63) is 40.4 Å². The van der Waals surface area contributed by atoms with E-state index in [1.54, 1.807) is 4.90 Å². The molecular formula is C15H19N6OS+. The number of carbonyl (C=O) groups is 1. The summed E-state index contributed by atoms with van der Waals surface area (Å²) in [6.07, 6.45) is 1.48. The second kappa shape index (κ2) is 7.01. The van der Waals surface area contributed by atoms with E-state index in [0.29, 0.717) is 10.8 Å². The van der Waals surface area contributed by atoms with Crippen molar-refractivity contribution >= 4 is 40.2 Å². The molecule has 1 heterocycles. The van der Waals surface area contributed by atoms with Gasteiger partial charge in [0.2, 0.25) is 5.96 Å². The Bertz CT molecular complexity index is 776. The summed E-state index contributed by atoms with van der Waals surface area (Å²) in [4.78, 5) is 16.8. The maximum atomic E-state index is 12.1. The third-order valence-corrected chi connectivity index (χ3v) is 4.07. The first-order valence-corrected chi connectivity index (χ1v) is 7.77. The number of aromatic nitrogens is 1. The average Bonchev–Trinajstić information content (AvgIpc) is 2.90. The quantitative estimate of drug-likeness (QED) is 0.502. The summed E-state index contributed by atoms with van der Waals surface area (Å²) in [6.45, 7) is 5.57. The molecule has 1 aromatic carbocycles. The van der Waals surface area contributed by atoms with Crippen molar-refractivity contribution in [1.82, 2.24) is 0 Å². The maximum Gasteiger partial charge on any atom is 0.347 e. The van der Waals surface area contributed by atoms with Gasteiger partial charge in [-0.25, -0.2) is 9.78 Å². The van der Waals surface area contributed by atoms with E-state index < -0.39 is 0 Å². The number of nitrogens with zero attached hydrogens (tertiary/aromatic N) is 3. The summed E-state index contributed by atoms with van der Waals surface area (Å²) in [6, 6.07) is 5.90. The fourth-order valence-electron chi connectivity index (χ4n) is 1.94. The van der Waals surface area contributed by atoms with E-state index in [1.807, 2.05) is 37.4 Å². The predicted molar refractivity (Wildman–Crippen MR) is 93.0 cm³/mol. The Kier molecular flexibility index (Phi) is 5.07. The summed E-state index contributed by atoms with van der Waals surface area (Å²) in [5, 5.41) is 9.79. The lowest BCUT2D eigenvalue weighted by molar-refractivity contribution is -0.357. The van der Waals surface area contributed by atoms with Gasteiger partial charge in [-0.15, -0.1) is 5.10 Å². The Labute approximate surface area is 138 Å². The molecule has 5 N–H and O–H groups in total. The van der Waals surface area contributed by atoms with Crippen LogP contribution in [0.25, 0.3) is 0 Å². The summed E-state index contributed by atoms with van der Waals surface area (Å²) >= 11 is 1.40. The molecule has 0 bridgehead atoms. The van der Waals surface area contributed by atoms with Crippen molar-refractivity contribution in [3.63, 3.8) is 0 Å². The number of hydrogen-bond acceptors (Lipinski definition) is 4. The van der Waals surface area contributed by atoms with Crippen LogP contribution in [0, 0.1) is 13.8 Å². The van der Waals surface area contributed by atoms with Gasteiger partial charge in [-0.1, -0.05) is 17.4 Å². The second-order valence-corrected chi connectivity index (χ2v) is 5.87. The van der Waals surface area contributed by atoms with Crippen molar-refractivity contribution in [2.24, 2.45) is 21.7 Å². The van der Waals surface area contributed by atoms with Crippen LogP contribution in [0.1, 0.15) is 23.7 Å². The molecule has 1 amide bonds. The van der Waals surface area contributed by atoms with E-state index in [-0.39, 0.29) is 11.9 Å². The number of hydrogen-bond donors (Lipinski definition) is 2. The maximum absolute atomic E-state index is 12.1. The Hall–Kier alpha value is -2.74. The number of amides is 1. The van der Waals surface area contributed by atoms with E-state index in [9.17, 15) is 4.79 Å². The Balaban J connectivity index is 2.34. The molecule has 8 heteroatoms. The molecular weight excluding hydrogens is 312 g/mol. The van der Waals surface area contributed by atoms with Crippen LogP contribution in [-0.2, 0) is 4.79 Å². The van der Waals surface area contributed by atoms with Crippen LogP contribution in [0.2, 0.25) is 0 Å². The van der Waals surface area contributed by atoms with E-state index in [1.165, 1.54) is 30.0 Å². The number of guanidine groups is 1. The summed E-state index contributed by atoms with van der Waals surface area (Å²) in [7, 11) is 0. The largest absolute Gasteiger partial charge is 0.369 e. The number of nitrogens with two attached hydrogens (primary N) is 2. The smallest absolute Gasteiger partial charge is 0.347 e. The number of H-pyrrole nitrogens is 1. The lowest BCUT2D eigenvalue weighted by Gasteiger charge is -2.11. The first kappa shape index (κ1) is 16.6. The molecule has 2 rings (SSSR count). The summed E-state index contributed by atoms with van der Waals surface area (Å²) in [5.74, 6) is -0.198. The monoisotopic (exact) mass is 331 g/mol. The Morgan fingerprint density at radius 1 is 1.30 bits per heavy atom. The number of rotatable bonds is 4. The fourth-order valence-corrected chi connectivity index (χ4v) is 2.81. The standard InChI is InChI=1S/C15H18N6OS/c1-9-4-5-13(6-10(9)2)21(11(3)22)15-19-12(8-23-15)7-18-20-14(16)17/h4-8H,1-3H3,(H4,16,17,20)/p+1/b18-7+.